The Labute approximate surface area is 245 Å². The van der Waals surface area contributed by atoms with E-state index >= 15 is 0 Å². The quantitative estimate of drug-likeness (QED) is 0.142. The summed E-state index contributed by atoms with van der Waals surface area (Å²) >= 11 is 1.88. The van der Waals surface area contributed by atoms with Crippen molar-refractivity contribution in [2.24, 2.45) is 0 Å². The van der Waals surface area contributed by atoms with Crippen LogP contribution in [0.15, 0.2) is 34.1 Å². The molecule has 2 aromatic carbocycles. The monoisotopic (exact) mass is 554 g/mol. The molecule has 220 valence electrons. The highest BCUT2D eigenvalue weighted by Crippen LogP contribution is 2.41. The van der Waals surface area contributed by atoms with Crippen LogP contribution in [0.3, 0.4) is 0 Å². The third kappa shape index (κ3) is 11.8. The summed E-state index contributed by atoms with van der Waals surface area (Å²) in [6.45, 7) is 9.04. The van der Waals surface area contributed by atoms with E-state index < -0.39 is 0 Å². The average molecular weight is 555 g/mol. The summed E-state index contributed by atoms with van der Waals surface area (Å²) in [5, 5.41) is 21.9. The van der Waals surface area contributed by atoms with Gasteiger partial charge in [0.2, 0.25) is 0 Å². The van der Waals surface area contributed by atoms with Crippen LogP contribution in [0.4, 0.5) is 0 Å². The van der Waals surface area contributed by atoms with E-state index in [0.717, 1.165) is 38.5 Å². The van der Waals surface area contributed by atoms with Gasteiger partial charge in [0, 0.05) is 9.79 Å². The molecule has 0 amide bonds. The Bertz CT molecular complexity index is 861. The van der Waals surface area contributed by atoms with Crippen LogP contribution in [-0.2, 0) is 25.7 Å². The highest BCUT2D eigenvalue weighted by molar-refractivity contribution is 7.99. The number of hydrogen-bond donors (Lipinski definition) is 2. The summed E-state index contributed by atoms with van der Waals surface area (Å²) in [5.41, 5.74) is 5.08. The van der Waals surface area contributed by atoms with E-state index in [1.54, 1.807) is 0 Å². The third-order valence-corrected chi connectivity index (χ3v) is 9.27. The van der Waals surface area contributed by atoms with Crippen LogP contribution >= 0.6 is 11.8 Å². The average Bonchev–Trinajstić information content (AvgIpc) is 2.93. The number of hydrogen-bond acceptors (Lipinski definition) is 3. The van der Waals surface area contributed by atoms with Crippen molar-refractivity contribution < 1.29 is 10.2 Å². The van der Waals surface area contributed by atoms with Crippen molar-refractivity contribution in [2.45, 2.75) is 166 Å². The predicted octanol–water partition coefficient (Wildman–Crippen LogP) is 11.7. The molecule has 0 aliphatic rings. The zero-order valence-electron chi connectivity index (χ0n) is 25.8. The third-order valence-electron chi connectivity index (χ3n) is 8.07. The maximum absolute atomic E-state index is 10.9. The summed E-state index contributed by atoms with van der Waals surface area (Å²) in [4.78, 5) is 2.60. The van der Waals surface area contributed by atoms with E-state index in [1.807, 2.05) is 23.9 Å². The van der Waals surface area contributed by atoms with Crippen molar-refractivity contribution in [1.29, 1.82) is 0 Å². The van der Waals surface area contributed by atoms with Gasteiger partial charge in [0.05, 0.1) is 0 Å². The van der Waals surface area contributed by atoms with Crippen LogP contribution in [-0.4, -0.2) is 10.2 Å². The molecule has 0 spiro atoms. The molecular weight excluding hydrogens is 496 g/mol. The van der Waals surface area contributed by atoms with Gasteiger partial charge in [-0.1, -0.05) is 117 Å². The second-order valence-corrected chi connectivity index (χ2v) is 12.5. The number of rotatable bonds is 22. The van der Waals surface area contributed by atoms with Crippen molar-refractivity contribution in [3.63, 3.8) is 0 Å². The summed E-state index contributed by atoms with van der Waals surface area (Å²) in [6, 6.07) is 8.17. The molecular formula is C36H58O2S. The molecule has 2 nitrogen and oxygen atoms in total. The van der Waals surface area contributed by atoms with Crippen LogP contribution in [0.2, 0.25) is 0 Å². The predicted molar refractivity (Wildman–Crippen MR) is 172 cm³/mol. The van der Waals surface area contributed by atoms with Gasteiger partial charge in [-0.2, -0.15) is 0 Å². The summed E-state index contributed by atoms with van der Waals surface area (Å²) in [5.74, 6) is 0.951. The van der Waals surface area contributed by atoms with Crippen LogP contribution in [0, 0.1) is 0 Å². The van der Waals surface area contributed by atoms with E-state index in [1.165, 1.54) is 122 Å². The molecule has 0 bridgehead atoms. The lowest BCUT2D eigenvalue weighted by molar-refractivity contribution is 0.463. The molecule has 0 unspecified atom stereocenters. The van der Waals surface area contributed by atoms with E-state index in [2.05, 4.69) is 39.8 Å². The number of benzene rings is 2. The van der Waals surface area contributed by atoms with Gasteiger partial charge in [0.25, 0.3) is 0 Å². The molecule has 0 saturated heterocycles. The first-order chi connectivity index (χ1) is 19.1. The van der Waals surface area contributed by atoms with Crippen LogP contribution in [0.25, 0.3) is 0 Å². The topological polar surface area (TPSA) is 40.5 Å². The van der Waals surface area contributed by atoms with Crippen molar-refractivity contribution >= 4 is 11.8 Å². The molecule has 2 N–H and O–H groups in total. The largest absolute Gasteiger partial charge is 0.508 e. The molecule has 0 aliphatic carbocycles. The standard InChI is InChI=1S/C36H58O2S/c1-5-9-13-17-21-29-31(23-19-15-11-7-3)35(27-25-33(29)37)39-36-28-26-34(38)30(22-18-14-10-6-2)32(36)24-20-16-12-8-4/h25-28,37-38H,5-24H2,1-4H3. The van der Waals surface area contributed by atoms with E-state index in [0.29, 0.717) is 11.5 Å². The highest BCUT2D eigenvalue weighted by Gasteiger charge is 2.18. The van der Waals surface area contributed by atoms with Gasteiger partial charge in [-0.15, -0.1) is 0 Å². The first kappa shape index (κ1) is 33.6. The van der Waals surface area contributed by atoms with Gasteiger partial charge < -0.3 is 10.2 Å². The zero-order valence-corrected chi connectivity index (χ0v) is 26.6. The first-order valence-electron chi connectivity index (χ1n) is 16.4. The lowest BCUT2D eigenvalue weighted by atomic mass is 9.95. The summed E-state index contributed by atoms with van der Waals surface area (Å²) in [7, 11) is 0. The van der Waals surface area contributed by atoms with Gasteiger partial charge >= 0.3 is 0 Å². The highest BCUT2D eigenvalue weighted by atomic mass is 32.2. The number of aromatic hydroxyl groups is 2. The van der Waals surface area contributed by atoms with Crippen molar-refractivity contribution in [3.8, 4) is 11.5 Å². The Kier molecular flexibility index (Phi) is 17.5. The summed E-state index contributed by atoms with van der Waals surface area (Å²) < 4.78 is 0. The minimum absolute atomic E-state index is 0.475. The fourth-order valence-corrected chi connectivity index (χ4v) is 6.85. The molecule has 0 radical (unpaired) electrons. The van der Waals surface area contributed by atoms with Crippen LogP contribution in [0.5, 0.6) is 11.5 Å². The van der Waals surface area contributed by atoms with E-state index in [-0.39, 0.29) is 0 Å². The maximum atomic E-state index is 10.9. The zero-order chi connectivity index (χ0) is 28.3. The Morgan fingerprint density at radius 3 is 1.03 bits per heavy atom. The second kappa shape index (κ2) is 20.3. The molecule has 2 rings (SSSR count). The minimum atomic E-state index is 0.475. The molecule has 0 fully saturated rings. The fourth-order valence-electron chi connectivity index (χ4n) is 5.65. The Morgan fingerprint density at radius 1 is 0.410 bits per heavy atom. The molecule has 3 heteroatoms. The second-order valence-electron chi connectivity index (χ2n) is 11.4. The van der Waals surface area contributed by atoms with Gasteiger partial charge in [-0.3, -0.25) is 0 Å². The molecule has 0 atom stereocenters. The smallest absolute Gasteiger partial charge is 0.119 e. The lowest BCUT2D eigenvalue weighted by Gasteiger charge is -2.20. The number of unbranched alkanes of at least 4 members (excludes halogenated alkanes) is 12. The van der Waals surface area contributed by atoms with Crippen molar-refractivity contribution in [2.75, 3.05) is 0 Å². The van der Waals surface area contributed by atoms with Gasteiger partial charge in [-0.05, 0) is 97.9 Å². The Balaban J connectivity index is 2.42. The number of phenolic OH excluding ortho intramolecular Hbond substituents is 2. The first-order valence-corrected chi connectivity index (χ1v) is 17.2. The molecule has 2 aromatic rings. The summed E-state index contributed by atoms with van der Waals surface area (Å²) in [6.07, 6.45) is 23.6. The van der Waals surface area contributed by atoms with Crippen LogP contribution < -0.4 is 0 Å². The van der Waals surface area contributed by atoms with Gasteiger partial charge in [0.15, 0.2) is 0 Å². The van der Waals surface area contributed by atoms with Gasteiger partial charge in [-0.25, -0.2) is 0 Å². The van der Waals surface area contributed by atoms with Crippen molar-refractivity contribution in [3.05, 3.63) is 46.5 Å². The molecule has 39 heavy (non-hydrogen) atoms. The molecule has 0 aromatic heterocycles. The maximum Gasteiger partial charge on any atom is 0.119 e. The lowest BCUT2D eigenvalue weighted by Crippen LogP contribution is -2.02. The Hall–Kier alpha value is -1.61. The molecule has 0 heterocycles. The van der Waals surface area contributed by atoms with Crippen LogP contribution in [0.1, 0.15) is 153 Å². The SMILES string of the molecule is CCCCCCc1c(O)ccc(Sc2ccc(O)c(CCCCCC)c2CCCCCC)c1CCCCCC. The number of phenols is 2. The molecule has 0 saturated carbocycles. The fraction of sp³-hybridized carbons (Fsp3) is 0.667. The van der Waals surface area contributed by atoms with E-state index in [4.69, 9.17) is 0 Å². The minimum Gasteiger partial charge on any atom is -0.508 e. The van der Waals surface area contributed by atoms with Crippen molar-refractivity contribution in [1.82, 2.24) is 0 Å². The normalized spacial score (nSPS) is 11.4. The molecule has 0 aliphatic heterocycles. The van der Waals surface area contributed by atoms with Gasteiger partial charge in [0.1, 0.15) is 11.5 Å². The Morgan fingerprint density at radius 2 is 0.718 bits per heavy atom. The van der Waals surface area contributed by atoms with E-state index in [9.17, 15) is 10.2 Å².